The van der Waals surface area contributed by atoms with E-state index in [1.165, 1.54) is 57.2 Å². The van der Waals surface area contributed by atoms with Crippen molar-refractivity contribution in [3.8, 4) is 12.3 Å². The van der Waals surface area contributed by atoms with Crippen molar-refractivity contribution in [2.75, 3.05) is 50.4 Å². The van der Waals surface area contributed by atoms with Gasteiger partial charge in [-0.3, -0.25) is 15.0 Å². The van der Waals surface area contributed by atoms with Gasteiger partial charge in [0.1, 0.15) is 5.78 Å². The van der Waals surface area contributed by atoms with E-state index in [0.717, 1.165) is 62.6 Å². The second-order valence-corrected chi connectivity index (χ2v) is 14.5. The van der Waals surface area contributed by atoms with Gasteiger partial charge in [-0.2, -0.15) is 0 Å². The number of ketones is 1. The number of para-hydroxylation sites is 1. The lowest BCUT2D eigenvalue weighted by Gasteiger charge is -2.38. The molecule has 1 aliphatic carbocycles. The molecule has 0 spiro atoms. The number of urea groups is 1. The topological polar surface area (TPSA) is 93.9 Å². The monoisotopic (exact) mass is 658 g/mol. The van der Waals surface area contributed by atoms with Crippen LogP contribution in [-0.4, -0.2) is 84.0 Å². The molecule has 4 aliphatic rings. The van der Waals surface area contributed by atoms with Crippen LogP contribution in [0.5, 0.6) is 0 Å². The van der Waals surface area contributed by atoms with Crippen molar-refractivity contribution >= 4 is 34.8 Å². The summed E-state index contributed by atoms with van der Waals surface area (Å²) in [4.78, 5) is 34.0. The number of nitrogens with two attached hydrogens (primary N) is 1. The summed E-state index contributed by atoms with van der Waals surface area (Å²) in [6.45, 7) is 5.60. The highest BCUT2D eigenvalue weighted by Gasteiger charge is 2.31. The summed E-state index contributed by atoms with van der Waals surface area (Å²) in [6.07, 6.45) is 18.1. The van der Waals surface area contributed by atoms with Crippen LogP contribution >= 0.6 is 11.6 Å². The van der Waals surface area contributed by atoms with E-state index in [-0.39, 0.29) is 23.9 Å². The molecule has 0 aromatic heterocycles. The zero-order valence-electron chi connectivity index (χ0n) is 27.7. The van der Waals surface area contributed by atoms with Crippen LogP contribution in [0.3, 0.4) is 0 Å². The summed E-state index contributed by atoms with van der Waals surface area (Å²) < 4.78 is 0. The maximum absolute atomic E-state index is 13.8. The first-order valence-corrected chi connectivity index (χ1v) is 18.2. The van der Waals surface area contributed by atoms with Crippen LogP contribution in [0.15, 0.2) is 36.4 Å². The Morgan fingerprint density at radius 1 is 1.02 bits per heavy atom. The summed E-state index contributed by atoms with van der Waals surface area (Å²) in [6, 6.07) is 12.4. The Hall–Kier alpha value is -3.09. The maximum Gasteiger partial charge on any atom is 0.322 e. The average molecular weight is 659 g/mol. The number of piperidine rings is 1. The second kappa shape index (κ2) is 15.9. The van der Waals surface area contributed by atoms with Gasteiger partial charge in [0.15, 0.2) is 0 Å². The number of fused-ring (bicyclic) bond motifs is 1. The number of terminal acetylenes is 1. The fraction of sp³-hybridized carbons (Fsp3) is 0.579. The number of amides is 2. The molecule has 0 radical (unpaired) electrons. The molecule has 2 amide bonds. The van der Waals surface area contributed by atoms with Crippen molar-refractivity contribution in [2.24, 2.45) is 5.92 Å². The van der Waals surface area contributed by atoms with Gasteiger partial charge in [0.05, 0.1) is 16.8 Å². The van der Waals surface area contributed by atoms with Crippen LogP contribution in [0.1, 0.15) is 80.9 Å². The minimum absolute atomic E-state index is 0.00443. The Morgan fingerprint density at radius 2 is 1.77 bits per heavy atom. The first-order valence-electron chi connectivity index (χ1n) is 17.8. The molecule has 2 aromatic carbocycles. The molecule has 3 fully saturated rings. The number of carbonyl (C=O) groups excluding carboxylic acids is 2. The van der Waals surface area contributed by atoms with Crippen molar-refractivity contribution in [1.29, 1.82) is 0 Å². The van der Waals surface area contributed by atoms with E-state index in [4.69, 9.17) is 23.8 Å². The molecule has 8 nitrogen and oxygen atoms in total. The Labute approximate surface area is 285 Å². The molecule has 9 heteroatoms. The first-order chi connectivity index (χ1) is 22.9. The molecule has 252 valence electrons. The van der Waals surface area contributed by atoms with Gasteiger partial charge in [-0.15, -0.1) is 6.42 Å². The lowest BCUT2D eigenvalue weighted by Crippen LogP contribution is -2.52. The number of nitrogen functional groups attached to an aromatic ring is 1. The van der Waals surface area contributed by atoms with Gasteiger partial charge in [0, 0.05) is 56.1 Å². The highest BCUT2D eigenvalue weighted by molar-refractivity contribution is 6.33. The molecule has 2 aromatic rings. The average Bonchev–Trinajstić information content (AvgIpc) is 3.58. The van der Waals surface area contributed by atoms with Gasteiger partial charge in [-0.05, 0) is 119 Å². The third-order valence-electron chi connectivity index (χ3n) is 11.1. The van der Waals surface area contributed by atoms with E-state index >= 15 is 0 Å². The second-order valence-electron chi connectivity index (χ2n) is 14.1. The van der Waals surface area contributed by atoms with E-state index < -0.39 is 0 Å². The number of hydrogen-bond donors (Lipinski definition) is 3. The summed E-state index contributed by atoms with van der Waals surface area (Å²) >= 11 is 6.44. The summed E-state index contributed by atoms with van der Waals surface area (Å²) in [5, 5.41) is 7.16. The van der Waals surface area contributed by atoms with Crippen LogP contribution in [0.25, 0.3) is 0 Å². The normalized spacial score (nSPS) is 23.5. The molecule has 4 N–H and O–H groups in total. The molecule has 0 unspecified atom stereocenters. The Balaban J connectivity index is 1.03. The Bertz CT molecular complexity index is 1440. The standard InChI is InChI=1S/C38H51ClN6O2/c1-2-29-23-28(24-33(39)37(29)40)25-35(36(46)14-11-27-9-12-31(13-10-27)44-18-5-6-19-44)41-26-43-20-16-32(17-21-43)45-22-15-30-7-3-4-8-34(30)42-38(45)47/h1,3-4,7-8,23-24,27,31-32,35,41H,5-6,9-22,25-26,40H2,(H,42,47)/t27?,31?,35-/m1/s1. The third kappa shape index (κ3) is 8.50. The fourth-order valence-electron chi connectivity index (χ4n) is 8.24. The number of benzene rings is 2. The molecule has 3 aliphatic heterocycles. The van der Waals surface area contributed by atoms with Gasteiger partial charge in [0.2, 0.25) is 0 Å². The highest BCUT2D eigenvalue weighted by atomic mass is 35.5. The van der Waals surface area contributed by atoms with E-state index in [0.29, 0.717) is 41.7 Å². The van der Waals surface area contributed by atoms with E-state index in [1.54, 1.807) is 0 Å². The number of nitrogens with one attached hydrogen (secondary N) is 2. The number of hydrogen-bond acceptors (Lipinski definition) is 6. The van der Waals surface area contributed by atoms with Crippen molar-refractivity contribution in [3.05, 3.63) is 58.1 Å². The molecule has 47 heavy (non-hydrogen) atoms. The van der Waals surface area contributed by atoms with Gasteiger partial charge < -0.3 is 20.9 Å². The number of rotatable bonds is 11. The lowest BCUT2D eigenvalue weighted by molar-refractivity contribution is -0.121. The number of anilines is 2. The predicted octanol–water partition coefficient (Wildman–Crippen LogP) is 5.92. The zero-order valence-corrected chi connectivity index (χ0v) is 28.4. The largest absolute Gasteiger partial charge is 0.397 e. The van der Waals surface area contributed by atoms with Crippen molar-refractivity contribution in [2.45, 2.75) is 95.2 Å². The fourth-order valence-corrected chi connectivity index (χ4v) is 8.48. The molecule has 2 saturated heterocycles. The first kappa shape index (κ1) is 33.8. The highest BCUT2D eigenvalue weighted by Crippen LogP contribution is 2.32. The third-order valence-corrected chi connectivity index (χ3v) is 11.5. The Kier molecular flexibility index (Phi) is 11.4. The van der Waals surface area contributed by atoms with E-state index in [2.05, 4.69) is 32.4 Å². The quantitative estimate of drug-likeness (QED) is 0.205. The number of likely N-dealkylation sites (tertiary alicyclic amines) is 2. The summed E-state index contributed by atoms with van der Waals surface area (Å²) in [5.74, 6) is 3.51. The van der Waals surface area contributed by atoms with Gasteiger partial charge >= 0.3 is 6.03 Å². The molecule has 0 bridgehead atoms. The van der Waals surface area contributed by atoms with Crippen molar-refractivity contribution < 1.29 is 9.59 Å². The zero-order chi connectivity index (χ0) is 32.8. The summed E-state index contributed by atoms with van der Waals surface area (Å²) in [7, 11) is 0. The molecular weight excluding hydrogens is 608 g/mol. The molecular formula is C38H51ClN6O2. The van der Waals surface area contributed by atoms with Gasteiger partial charge in [-0.25, -0.2) is 4.79 Å². The SMILES string of the molecule is C#Cc1cc(C[C@@H](NCN2CCC(N3CCc4ccccc4NC3=O)CC2)C(=O)CCC2CCC(N3CCCC3)CC2)cc(Cl)c1N. The van der Waals surface area contributed by atoms with Gasteiger partial charge in [0.25, 0.3) is 0 Å². The van der Waals surface area contributed by atoms with Crippen LogP contribution in [0.4, 0.5) is 16.2 Å². The van der Waals surface area contributed by atoms with Crippen LogP contribution in [-0.2, 0) is 17.6 Å². The lowest BCUT2D eigenvalue weighted by atomic mass is 9.82. The minimum Gasteiger partial charge on any atom is -0.397 e. The minimum atomic E-state index is -0.339. The molecule has 1 atom stereocenters. The van der Waals surface area contributed by atoms with Crippen LogP contribution in [0, 0.1) is 18.3 Å². The van der Waals surface area contributed by atoms with Crippen molar-refractivity contribution in [1.82, 2.24) is 20.0 Å². The number of Topliss-reactive ketones (excluding diaryl/α,β-unsaturated/α-hetero) is 1. The number of nitrogens with zero attached hydrogens (tertiary/aromatic N) is 3. The summed E-state index contributed by atoms with van der Waals surface area (Å²) in [5.41, 5.74) is 10.1. The predicted molar refractivity (Wildman–Crippen MR) is 191 cm³/mol. The molecule has 1 saturated carbocycles. The van der Waals surface area contributed by atoms with Crippen LogP contribution < -0.4 is 16.4 Å². The molecule has 6 rings (SSSR count). The smallest absolute Gasteiger partial charge is 0.322 e. The number of carbonyl (C=O) groups is 2. The molecule has 3 heterocycles. The maximum atomic E-state index is 13.8. The Morgan fingerprint density at radius 3 is 2.51 bits per heavy atom. The van der Waals surface area contributed by atoms with Crippen molar-refractivity contribution in [3.63, 3.8) is 0 Å². The van der Waals surface area contributed by atoms with Gasteiger partial charge in [-0.1, -0.05) is 35.7 Å². The van der Waals surface area contributed by atoms with E-state index in [1.807, 2.05) is 35.2 Å². The van der Waals surface area contributed by atoms with E-state index in [9.17, 15) is 9.59 Å². The number of halogens is 1. The van der Waals surface area contributed by atoms with Crippen LogP contribution in [0.2, 0.25) is 5.02 Å².